The van der Waals surface area contributed by atoms with Crippen molar-refractivity contribution >= 4 is 5.91 Å². The third-order valence-electron chi connectivity index (χ3n) is 3.05. The molecule has 1 rings (SSSR count). The second-order valence-electron chi connectivity index (χ2n) is 4.44. The maximum Gasteiger partial charge on any atom is 0.237 e. The molecule has 1 aromatic rings. The Kier molecular flexibility index (Phi) is 4.62. The minimum atomic E-state index is -0.476. The zero-order valence-electron chi connectivity index (χ0n) is 10.8. The van der Waals surface area contributed by atoms with Crippen LogP contribution in [-0.2, 0) is 11.8 Å². The average molecular weight is 239 g/mol. The van der Waals surface area contributed by atoms with Gasteiger partial charge in [-0.3, -0.25) is 4.79 Å². The van der Waals surface area contributed by atoms with Gasteiger partial charge in [-0.05, 0) is 12.8 Å². The number of aryl methyl sites for hydroxylation is 1. The van der Waals surface area contributed by atoms with E-state index in [4.69, 9.17) is 5.73 Å². The first-order valence-electron chi connectivity index (χ1n) is 5.87. The molecule has 1 unspecified atom stereocenters. The van der Waals surface area contributed by atoms with Crippen LogP contribution in [0.4, 0.5) is 0 Å². The van der Waals surface area contributed by atoms with Gasteiger partial charge in [-0.1, -0.05) is 20.3 Å². The second kappa shape index (κ2) is 5.77. The van der Waals surface area contributed by atoms with E-state index >= 15 is 0 Å². The molecule has 3 N–H and O–H groups in total. The molecule has 1 heterocycles. The number of nitrogens with one attached hydrogen (secondary N) is 1. The average Bonchev–Trinajstić information content (AvgIpc) is 2.73. The summed E-state index contributed by atoms with van der Waals surface area (Å²) in [6.07, 6.45) is 2.49. The summed E-state index contributed by atoms with van der Waals surface area (Å²) in [5.74, 6) is 0.742. The van der Waals surface area contributed by atoms with Crippen molar-refractivity contribution in [1.82, 2.24) is 20.1 Å². The van der Waals surface area contributed by atoms with Crippen molar-refractivity contribution in [1.29, 1.82) is 0 Å². The first-order chi connectivity index (χ1) is 7.97. The largest absolute Gasteiger partial charge is 0.345 e. The highest BCUT2D eigenvalue weighted by molar-refractivity contribution is 5.82. The summed E-state index contributed by atoms with van der Waals surface area (Å²) in [5, 5.41) is 10.6. The Labute approximate surface area is 102 Å². The molecule has 0 spiro atoms. The lowest BCUT2D eigenvalue weighted by Crippen LogP contribution is -2.45. The predicted molar refractivity (Wildman–Crippen MR) is 65.0 cm³/mol. The quantitative estimate of drug-likeness (QED) is 0.777. The minimum absolute atomic E-state index is 0.144. The molecule has 0 aliphatic heterocycles. The van der Waals surface area contributed by atoms with E-state index in [1.54, 1.807) is 10.9 Å². The summed E-state index contributed by atoms with van der Waals surface area (Å²) in [7, 11) is 1.84. The molecule has 0 radical (unpaired) electrons. The lowest BCUT2D eigenvalue weighted by atomic mass is 9.99. The summed E-state index contributed by atoms with van der Waals surface area (Å²) in [6.45, 7) is 5.85. The van der Waals surface area contributed by atoms with E-state index in [9.17, 15) is 4.79 Å². The van der Waals surface area contributed by atoms with Gasteiger partial charge in [0, 0.05) is 7.05 Å². The SMILES string of the molecule is CC[C@H](C)[C@H](N)C(=O)NC(C)c1nncn1C. The summed E-state index contributed by atoms with van der Waals surface area (Å²) in [6, 6.07) is -0.666. The molecular formula is C11H21N5O. The lowest BCUT2D eigenvalue weighted by Gasteiger charge is -2.20. The molecule has 0 aliphatic rings. The fourth-order valence-corrected chi connectivity index (χ4v) is 1.57. The van der Waals surface area contributed by atoms with Crippen molar-refractivity contribution in [3.63, 3.8) is 0 Å². The van der Waals surface area contributed by atoms with E-state index in [-0.39, 0.29) is 17.9 Å². The van der Waals surface area contributed by atoms with E-state index in [0.717, 1.165) is 12.2 Å². The van der Waals surface area contributed by atoms with Gasteiger partial charge in [0.2, 0.25) is 5.91 Å². The van der Waals surface area contributed by atoms with Crippen molar-refractivity contribution in [2.45, 2.75) is 39.3 Å². The van der Waals surface area contributed by atoms with Crippen LogP contribution in [0.5, 0.6) is 0 Å². The number of hydrogen-bond acceptors (Lipinski definition) is 4. The molecule has 0 saturated carbocycles. The van der Waals surface area contributed by atoms with Crippen LogP contribution in [-0.4, -0.2) is 26.7 Å². The van der Waals surface area contributed by atoms with Gasteiger partial charge in [0.1, 0.15) is 6.33 Å². The van der Waals surface area contributed by atoms with Gasteiger partial charge in [-0.15, -0.1) is 10.2 Å². The van der Waals surface area contributed by atoms with E-state index in [2.05, 4.69) is 15.5 Å². The van der Waals surface area contributed by atoms with Crippen LogP contribution in [0.15, 0.2) is 6.33 Å². The standard InChI is InChI=1S/C11H21N5O/c1-5-7(2)9(12)11(17)14-8(3)10-15-13-6-16(10)4/h6-9H,5,12H2,1-4H3,(H,14,17)/t7-,8?,9-/m0/s1. The van der Waals surface area contributed by atoms with Crippen molar-refractivity contribution < 1.29 is 4.79 Å². The topological polar surface area (TPSA) is 85.8 Å². The number of carbonyl (C=O) groups excluding carboxylic acids is 1. The Hall–Kier alpha value is -1.43. The monoisotopic (exact) mass is 239 g/mol. The van der Waals surface area contributed by atoms with Gasteiger partial charge in [0.25, 0.3) is 0 Å². The van der Waals surface area contributed by atoms with Gasteiger partial charge in [0.05, 0.1) is 12.1 Å². The zero-order valence-corrected chi connectivity index (χ0v) is 10.8. The third-order valence-corrected chi connectivity index (χ3v) is 3.05. The molecule has 0 saturated heterocycles. The summed E-state index contributed by atoms with van der Waals surface area (Å²) < 4.78 is 1.78. The van der Waals surface area contributed by atoms with Gasteiger partial charge in [-0.25, -0.2) is 0 Å². The van der Waals surface area contributed by atoms with Gasteiger partial charge < -0.3 is 15.6 Å². The summed E-state index contributed by atoms with van der Waals surface area (Å²) >= 11 is 0. The molecule has 0 bridgehead atoms. The Balaban J connectivity index is 2.60. The van der Waals surface area contributed by atoms with E-state index in [1.165, 1.54) is 0 Å². The molecular weight excluding hydrogens is 218 g/mol. The predicted octanol–water partition coefficient (Wildman–Crippen LogP) is 0.366. The number of hydrogen-bond donors (Lipinski definition) is 2. The first-order valence-corrected chi connectivity index (χ1v) is 5.87. The third kappa shape index (κ3) is 3.26. The Morgan fingerprint density at radius 2 is 2.24 bits per heavy atom. The molecule has 3 atom stereocenters. The first kappa shape index (κ1) is 13.6. The highest BCUT2D eigenvalue weighted by Crippen LogP contribution is 2.10. The molecule has 1 aromatic heterocycles. The van der Waals surface area contributed by atoms with E-state index in [0.29, 0.717) is 0 Å². The second-order valence-corrected chi connectivity index (χ2v) is 4.44. The smallest absolute Gasteiger partial charge is 0.237 e. The number of nitrogens with two attached hydrogens (primary N) is 1. The Bertz CT molecular complexity index is 376. The fraction of sp³-hybridized carbons (Fsp3) is 0.727. The number of nitrogens with zero attached hydrogens (tertiary/aromatic N) is 3. The maximum atomic E-state index is 11.9. The number of carbonyl (C=O) groups is 1. The number of aromatic nitrogens is 3. The zero-order chi connectivity index (χ0) is 13.0. The van der Waals surface area contributed by atoms with Gasteiger partial charge in [0.15, 0.2) is 5.82 Å². The fourth-order valence-electron chi connectivity index (χ4n) is 1.57. The lowest BCUT2D eigenvalue weighted by molar-refractivity contribution is -0.124. The van der Waals surface area contributed by atoms with Crippen molar-refractivity contribution in [3.05, 3.63) is 12.2 Å². The van der Waals surface area contributed by atoms with Crippen molar-refractivity contribution in [3.8, 4) is 0 Å². The van der Waals surface area contributed by atoms with E-state index < -0.39 is 6.04 Å². The van der Waals surface area contributed by atoms with Gasteiger partial charge in [-0.2, -0.15) is 0 Å². The van der Waals surface area contributed by atoms with Crippen molar-refractivity contribution in [2.24, 2.45) is 18.7 Å². The molecule has 0 aromatic carbocycles. The summed E-state index contributed by atoms with van der Waals surface area (Å²) in [4.78, 5) is 11.9. The molecule has 0 fully saturated rings. The van der Waals surface area contributed by atoms with Gasteiger partial charge >= 0.3 is 0 Å². The Morgan fingerprint density at radius 3 is 2.71 bits per heavy atom. The van der Waals surface area contributed by atoms with Crippen molar-refractivity contribution in [2.75, 3.05) is 0 Å². The van der Waals surface area contributed by atoms with Crippen LogP contribution in [0.3, 0.4) is 0 Å². The van der Waals surface area contributed by atoms with Crippen LogP contribution in [0.1, 0.15) is 39.1 Å². The van der Waals surface area contributed by atoms with Crippen LogP contribution < -0.4 is 11.1 Å². The normalized spacial score (nSPS) is 16.3. The Morgan fingerprint density at radius 1 is 1.59 bits per heavy atom. The van der Waals surface area contributed by atoms with Crippen LogP contribution >= 0.6 is 0 Å². The highest BCUT2D eigenvalue weighted by atomic mass is 16.2. The molecule has 6 nitrogen and oxygen atoms in total. The molecule has 17 heavy (non-hydrogen) atoms. The van der Waals surface area contributed by atoms with Crippen LogP contribution in [0.25, 0.3) is 0 Å². The molecule has 96 valence electrons. The molecule has 6 heteroatoms. The van der Waals surface area contributed by atoms with E-state index in [1.807, 2.05) is 27.8 Å². The van der Waals surface area contributed by atoms with Crippen LogP contribution in [0, 0.1) is 5.92 Å². The maximum absolute atomic E-state index is 11.9. The molecule has 0 aliphatic carbocycles. The minimum Gasteiger partial charge on any atom is -0.345 e. The highest BCUT2D eigenvalue weighted by Gasteiger charge is 2.22. The van der Waals surface area contributed by atoms with Crippen LogP contribution in [0.2, 0.25) is 0 Å². The summed E-state index contributed by atoms with van der Waals surface area (Å²) in [5.41, 5.74) is 5.86. The number of amides is 1. The number of rotatable bonds is 5. The molecule has 1 amide bonds.